The molecule has 3 unspecified atom stereocenters. The van der Waals surface area contributed by atoms with Crippen LogP contribution in [-0.4, -0.2) is 120 Å². The first kappa shape index (κ1) is 38.6. The molecule has 1 aliphatic heterocycles. The molecule has 4 aromatic heterocycles. The van der Waals surface area contributed by atoms with E-state index in [1.54, 1.807) is 26.0 Å². The van der Waals surface area contributed by atoms with E-state index >= 15 is 0 Å². The fourth-order valence-electron chi connectivity index (χ4n) is 5.61. The van der Waals surface area contributed by atoms with Crippen LogP contribution in [0.2, 0.25) is 0 Å². The summed E-state index contributed by atoms with van der Waals surface area (Å²) in [5, 5.41) is 53.1. The van der Waals surface area contributed by atoms with Gasteiger partial charge in [-0.25, -0.2) is 38.4 Å². The molecule has 26 heteroatoms. The largest absolute Gasteiger partial charge is 0.481 e. The van der Waals surface area contributed by atoms with Gasteiger partial charge in [0.05, 0.1) is 19.5 Å². The van der Waals surface area contributed by atoms with Gasteiger partial charge in [0.1, 0.15) is 60.5 Å². The maximum atomic E-state index is 12.5. The highest BCUT2D eigenvalue weighted by molar-refractivity contribution is 7.61. The molecule has 0 amide bonds. The van der Waals surface area contributed by atoms with Crippen molar-refractivity contribution in [3.05, 3.63) is 56.8 Å². The van der Waals surface area contributed by atoms with Crippen molar-refractivity contribution in [3.8, 4) is 0 Å². The molecule has 0 radical (unpaired) electrons. The van der Waals surface area contributed by atoms with Gasteiger partial charge in [0.25, 0.3) is 5.56 Å². The predicted molar refractivity (Wildman–Crippen MR) is 176 cm³/mol. The molecular weight excluding hydrogens is 752 g/mol. The second kappa shape index (κ2) is 14.6. The minimum atomic E-state index is -5.54. The van der Waals surface area contributed by atoms with Gasteiger partial charge in [-0.05, 0) is 37.1 Å². The molecule has 286 valence electrons. The van der Waals surface area contributed by atoms with Crippen LogP contribution in [0.3, 0.4) is 0 Å². The molecule has 0 aliphatic carbocycles. The van der Waals surface area contributed by atoms with Crippen molar-refractivity contribution in [2.24, 2.45) is 0 Å². The number of phosphoric acid groups is 2. The molecule has 1 aromatic carbocycles. The number of H-pyrrole nitrogens is 2. The van der Waals surface area contributed by atoms with Gasteiger partial charge in [0.2, 0.25) is 5.52 Å². The molecule has 0 saturated carbocycles. The van der Waals surface area contributed by atoms with E-state index in [2.05, 4.69) is 38.7 Å². The number of fused-ring (bicyclic) bond motifs is 3. The van der Waals surface area contributed by atoms with E-state index in [0.717, 1.165) is 17.5 Å². The van der Waals surface area contributed by atoms with Gasteiger partial charge in [-0.1, -0.05) is 0 Å². The van der Waals surface area contributed by atoms with Gasteiger partial charge in [-0.2, -0.15) is 9.29 Å². The van der Waals surface area contributed by atoms with Crippen molar-refractivity contribution >= 4 is 54.8 Å². The van der Waals surface area contributed by atoms with E-state index in [9.17, 15) is 54.0 Å². The van der Waals surface area contributed by atoms with Crippen LogP contribution in [0.1, 0.15) is 17.4 Å². The van der Waals surface area contributed by atoms with E-state index in [4.69, 9.17) is 15.0 Å². The molecule has 11 N–H and O–H groups in total. The fraction of sp³-hybridized carbons (Fsp3) is 0.444. The number of nitrogens with one attached hydrogen (secondary N) is 2. The van der Waals surface area contributed by atoms with Crippen molar-refractivity contribution in [1.29, 1.82) is 0 Å². The Morgan fingerprint density at radius 3 is 2.42 bits per heavy atom. The number of aromatic amines is 2. The highest BCUT2D eigenvalue weighted by Crippen LogP contribution is 2.60. The van der Waals surface area contributed by atoms with Gasteiger partial charge in [0.15, 0.2) is 23.2 Å². The van der Waals surface area contributed by atoms with Gasteiger partial charge < -0.3 is 45.8 Å². The summed E-state index contributed by atoms with van der Waals surface area (Å²) in [6.07, 6.45) is -9.88. The lowest BCUT2D eigenvalue weighted by atomic mass is 10.1. The zero-order valence-electron chi connectivity index (χ0n) is 27.5. The first-order valence-electron chi connectivity index (χ1n) is 15.5. The average Bonchev–Trinajstić information content (AvgIpc) is 3.63. The Bertz CT molecular complexity index is 2410. The van der Waals surface area contributed by atoms with Crippen molar-refractivity contribution in [2.45, 2.75) is 63.2 Å². The minimum Gasteiger partial charge on any atom is -0.388 e. The number of anilines is 1. The van der Waals surface area contributed by atoms with E-state index < -0.39 is 89.5 Å². The number of hydrogen-bond acceptors (Lipinski definition) is 18. The topological polar surface area (TPSA) is 365 Å². The van der Waals surface area contributed by atoms with Crippen molar-refractivity contribution in [2.75, 3.05) is 18.9 Å². The molecule has 6 rings (SSSR count). The zero-order valence-corrected chi connectivity index (χ0v) is 29.3. The summed E-state index contributed by atoms with van der Waals surface area (Å²) >= 11 is 0. The third-order valence-corrected chi connectivity index (χ3v) is 11.1. The maximum Gasteiger partial charge on any atom is 0.481 e. The van der Waals surface area contributed by atoms with Crippen LogP contribution >= 0.6 is 15.6 Å². The molecule has 1 fully saturated rings. The number of rotatable bonds is 13. The molecule has 0 spiro atoms. The van der Waals surface area contributed by atoms with Crippen LogP contribution in [0.15, 0.2) is 34.4 Å². The van der Waals surface area contributed by atoms with Gasteiger partial charge in [0, 0.05) is 0 Å². The Hall–Kier alpha value is -4.13. The molecule has 24 nitrogen and oxygen atoms in total. The number of aromatic nitrogens is 8. The van der Waals surface area contributed by atoms with Crippen LogP contribution in [0.4, 0.5) is 5.82 Å². The number of phosphoric ester groups is 2. The molecule has 1 aliphatic rings. The summed E-state index contributed by atoms with van der Waals surface area (Å²) in [5.41, 5.74) is 6.28. The van der Waals surface area contributed by atoms with Gasteiger partial charge in [-0.15, -0.1) is 0 Å². The Labute approximate surface area is 295 Å². The molecule has 53 heavy (non-hydrogen) atoms. The third kappa shape index (κ3) is 7.91. The second-order valence-corrected chi connectivity index (χ2v) is 15.2. The maximum absolute atomic E-state index is 12.5. The highest BCUT2D eigenvalue weighted by atomic mass is 31.3. The number of aliphatic hydroxyl groups excluding tert-OH is 5. The monoisotopic (exact) mass is 786 g/mol. The molecule has 9 atom stereocenters. The quantitative estimate of drug-likeness (QED) is 0.0324. The number of hydrogen-bond donors (Lipinski definition) is 10. The number of aliphatic hydroxyl groups is 5. The first-order chi connectivity index (χ1) is 24.9. The normalized spacial score (nSPS) is 23.3. The van der Waals surface area contributed by atoms with Crippen molar-refractivity contribution in [3.63, 3.8) is 0 Å². The number of nitrogen functional groups attached to an aromatic ring is 1. The molecule has 5 aromatic rings. The molecule has 5 heterocycles. The Balaban J connectivity index is 1.07. The summed E-state index contributed by atoms with van der Waals surface area (Å²) in [5.74, 6) is 0.0305. The number of imidazole rings is 1. The van der Waals surface area contributed by atoms with Gasteiger partial charge >= 0.3 is 27.0 Å². The average molecular weight is 787 g/mol. The number of aryl methyl sites for hydroxylation is 2. The number of benzene rings is 1. The Kier molecular flexibility index (Phi) is 10.6. The Morgan fingerprint density at radius 1 is 0.981 bits per heavy atom. The minimum absolute atomic E-state index is 0.0305. The number of nitrogens with two attached hydrogens (primary N) is 1. The second-order valence-electron chi connectivity index (χ2n) is 12.1. The number of nitrogens with zero attached hydrogens (tertiary/aromatic N) is 6. The number of ether oxygens (including phenoxy) is 1. The van der Waals surface area contributed by atoms with Crippen molar-refractivity contribution < 1.29 is 67.1 Å². The van der Waals surface area contributed by atoms with Crippen LogP contribution < -0.4 is 21.5 Å². The molecular formula is C27H34N9O15P2+. The SMILES string of the molecule is Cc1cc2nc3c(=O)[nH]c(=O)[nH]c3[n+](CC(O)[C@H](O)[C@H](O)COP(=O)(O)OP(=O)(O)OC[C@H]3O[C@@H](n4cnc5c(N)ncnc54)[C@H](O)[C@@H]3O)c2cc1C. The van der Waals surface area contributed by atoms with Gasteiger partial charge in [-0.3, -0.25) is 23.4 Å². The van der Waals surface area contributed by atoms with Crippen LogP contribution in [0.5, 0.6) is 0 Å². The van der Waals surface area contributed by atoms with E-state index in [1.807, 2.05) is 0 Å². The molecule has 1 saturated heterocycles. The van der Waals surface area contributed by atoms with Crippen LogP contribution in [-0.2, 0) is 33.8 Å². The summed E-state index contributed by atoms with van der Waals surface area (Å²) in [7, 11) is -11.0. The highest BCUT2D eigenvalue weighted by Gasteiger charge is 2.46. The molecule has 0 bridgehead atoms. The third-order valence-electron chi connectivity index (χ3n) is 8.46. The summed E-state index contributed by atoms with van der Waals surface area (Å²) in [6.45, 7) is 0.855. The lowest BCUT2D eigenvalue weighted by molar-refractivity contribution is -0.657. The van der Waals surface area contributed by atoms with E-state index in [0.29, 0.717) is 11.0 Å². The summed E-state index contributed by atoms with van der Waals surface area (Å²) in [6, 6.07) is 3.33. The van der Waals surface area contributed by atoms with Crippen molar-refractivity contribution in [1.82, 2.24) is 34.5 Å². The smallest absolute Gasteiger partial charge is 0.388 e. The predicted octanol–water partition coefficient (Wildman–Crippen LogP) is -2.96. The first-order valence-corrected chi connectivity index (χ1v) is 18.5. The zero-order chi connectivity index (χ0) is 38.6. The summed E-state index contributed by atoms with van der Waals surface area (Å²) in [4.78, 5) is 65.4. The van der Waals surface area contributed by atoms with E-state index in [-0.39, 0.29) is 28.1 Å². The standard InChI is InChI=1S/C27H33N9O15P2/c1-10-3-12-13(4-11(10)2)35(24-18(32-12)25(42)34-27(43)33-24)5-14(37)19(39)15(38)6-48-52(44,45)51-53(46,47)49-7-16-20(40)21(41)26(50-16)36-9-31-17-22(28)29-8-30-23(17)36/h3-4,8-9,14-16,19-21,26,37-41H,5-7H2,1-2H3,(H5,28,29,30,34,42,43,44,45,46,47)/p+1/t14?,15-,16-,19+,20-,21-,26-/m1/s1. The van der Waals surface area contributed by atoms with E-state index in [1.165, 1.54) is 15.5 Å². The fourth-order valence-corrected chi connectivity index (χ4v) is 7.70. The lowest BCUT2D eigenvalue weighted by Crippen LogP contribution is -2.51. The van der Waals surface area contributed by atoms with Crippen LogP contribution in [0, 0.1) is 13.8 Å². The Morgan fingerprint density at radius 2 is 1.68 bits per heavy atom. The lowest BCUT2D eigenvalue weighted by Gasteiger charge is -2.24. The summed E-state index contributed by atoms with van der Waals surface area (Å²) < 4.78 is 46.7. The van der Waals surface area contributed by atoms with Crippen LogP contribution in [0.25, 0.3) is 33.4 Å².